The van der Waals surface area contributed by atoms with E-state index in [9.17, 15) is 0 Å². The second-order valence-electron chi connectivity index (χ2n) is 4.28. The van der Waals surface area contributed by atoms with Crippen LogP contribution >= 0.6 is 0 Å². The van der Waals surface area contributed by atoms with E-state index in [1.807, 2.05) is 25.1 Å². The molecule has 0 saturated carbocycles. The van der Waals surface area contributed by atoms with E-state index in [2.05, 4.69) is 4.98 Å². The molecule has 1 aromatic heterocycles. The zero-order valence-electron chi connectivity index (χ0n) is 11.8. The van der Waals surface area contributed by atoms with Crippen molar-refractivity contribution in [3.63, 3.8) is 0 Å². The summed E-state index contributed by atoms with van der Waals surface area (Å²) in [6, 6.07) is 8.95. The SMILES string of the molecule is COc1cccc(OC)c1Oc1ncccc1C(C)N. The predicted molar refractivity (Wildman–Crippen MR) is 76.5 cm³/mol. The quantitative estimate of drug-likeness (QED) is 0.908. The summed E-state index contributed by atoms with van der Waals surface area (Å²) in [5, 5.41) is 0. The Kier molecular flexibility index (Phi) is 4.42. The van der Waals surface area contributed by atoms with E-state index < -0.39 is 0 Å². The van der Waals surface area contributed by atoms with Gasteiger partial charge in [-0.3, -0.25) is 0 Å². The molecule has 0 spiro atoms. The Morgan fingerprint density at radius 2 is 1.70 bits per heavy atom. The van der Waals surface area contributed by atoms with Crippen LogP contribution < -0.4 is 19.9 Å². The third-order valence-electron chi connectivity index (χ3n) is 2.87. The first-order valence-electron chi connectivity index (χ1n) is 6.26. The first-order chi connectivity index (χ1) is 9.67. The van der Waals surface area contributed by atoms with Crippen LogP contribution in [0.1, 0.15) is 18.5 Å². The average molecular weight is 274 g/mol. The molecule has 1 heterocycles. The largest absolute Gasteiger partial charge is 0.493 e. The van der Waals surface area contributed by atoms with E-state index in [1.165, 1.54) is 0 Å². The number of pyridine rings is 1. The van der Waals surface area contributed by atoms with E-state index in [0.29, 0.717) is 23.1 Å². The summed E-state index contributed by atoms with van der Waals surface area (Å²) in [5.74, 6) is 2.08. The van der Waals surface area contributed by atoms with Gasteiger partial charge in [-0.15, -0.1) is 0 Å². The average Bonchev–Trinajstić information content (AvgIpc) is 2.47. The van der Waals surface area contributed by atoms with E-state index in [4.69, 9.17) is 19.9 Å². The first-order valence-corrected chi connectivity index (χ1v) is 6.26. The molecule has 20 heavy (non-hydrogen) atoms. The number of rotatable bonds is 5. The Hall–Kier alpha value is -2.27. The highest BCUT2D eigenvalue weighted by atomic mass is 16.5. The molecule has 1 aromatic carbocycles. The number of ether oxygens (including phenoxy) is 3. The van der Waals surface area contributed by atoms with Crippen molar-refractivity contribution in [2.45, 2.75) is 13.0 Å². The van der Waals surface area contributed by atoms with Gasteiger partial charge in [-0.1, -0.05) is 12.1 Å². The van der Waals surface area contributed by atoms with Crippen molar-refractivity contribution < 1.29 is 14.2 Å². The minimum atomic E-state index is -0.181. The van der Waals surface area contributed by atoms with Crippen LogP contribution in [0, 0.1) is 0 Å². The summed E-state index contributed by atoms with van der Waals surface area (Å²) in [6.45, 7) is 1.88. The molecule has 5 heteroatoms. The van der Waals surface area contributed by atoms with Crippen LogP contribution in [0.5, 0.6) is 23.1 Å². The second kappa shape index (κ2) is 6.25. The molecular formula is C15H18N2O3. The number of nitrogens with two attached hydrogens (primary N) is 1. The summed E-state index contributed by atoms with van der Waals surface area (Å²) in [5.41, 5.74) is 6.75. The topological polar surface area (TPSA) is 66.6 Å². The van der Waals surface area contributed by atoms with Crippen molar-refractivity contribution in [2.24, 2.45) is 5.73 Å². The molecule has 0 radical (unpaired) electrons. The highest BCUT2D eigenvalue weighted by molar-refractivity contribution is 5.53. The second-order valence-corrected chi connectivity index (χ2v) is 4.28. The molecule has 0 amide bonds. The summed E-state index contributed by atoms with van der Waals surface area (Å²) < 4.78 is 16.5. The van der Waals surface area contributed by atoms with Crippen LogP contribution in [0.2, 0.25) is 0 Å². The van der Waals surface area contributed by atoms with E-state index >= 15 is 0 Å². The van der Waals surface area contributed by atoms with Crippen LogP contribution in [0.3, 0.4) is 0 Å². The maximum Gasteiger partial charge on any atom is 0.224 e. The van der Waals surface area contributed by atoms with Gasteiger partial charge in [0.15, 0.2) is 11.5 Å². The normalized spacial score (nSPS) is 11.8. The maximum absolute atomic E-state index is 5.93. The molecule has 0 aliphatic rings. The van der Waals surface area contributed by atoms with E-state index in [-0.39, 0.29) is 6.04 Å². The Labute approximate surface area is 118 Å². The van der Waals surface area contributed by atoms with Gasteiger partial charge in [0.05, 0.1) is 14.2 Å². The maximum atomic E-state index is 5.93. The Morgan fingerprint density at radius 3 is 2.25 bits per heavy atom. The fourth-order valence-corrected chi connectivity index (χ4v) is 1.85. The van der Waals surface area contributed by atoms with Gasteiger partial charge >= 0.3 is 0 Å². The molecule has 0 fully saturated rings. The summed E-state index contributed by atoms with van der Waals surface area (Å²) in [4.78, 5) is 4.23. The van der Waals surface area contributed by atoms with Gasteiger partial charge in [0.1, 0.15) is 0 Å². The van der Waals surface area contributed by atoms with Gasteiger partial charge in [0.2, 0.25) is 11.6 Å². The minimum Gasteiger partial charge on any atom is -0.493 e. The van der Waals surface area contributed by atoms with Crippen molar-refractivity contribution in [1.29, 1.82) is 0 Å². The molecule has 2 rings (SSSR count). The van der Waals surface area contributed by atoms with E-state index in [0.717, 1.165) is 5.56 Å². The lowest BCUT2D eigenvalue weighted by Crippen LogP contribution is -2.08. The van der Waals surface area contributed by atoms with Crippen LogP contribution in [0.15, 0.2) is 36.5 Å². The van der Waals surface area contributed by atoms with Crippen molar-refractivity contribution >= 4 is 0 Å². The highest BCUT2D eigenvalue weighted by Gasteiger charge is 2.16. The zero-order chi connectivity index (χ0) is 14.5. The summed E-state index contributed by atoms with van der Waals surface area (Å²) >= 11 is 0. The minimum absolute atomic E-state index is 0.181. The lowest BCUT2D eigenvalue weighted by Gasteiger charge is -2.16. The van der Waals surface area contributed by atoms with Crippen LogP contribution in [0.4, 0.5) is 0 Å². The number of hydrogen-bond acceptors (Lipinski definition) is 5. The summed E-state index contributed by atoms with van der Waals surface area (Å²) in [6.07, 6.45) is 1.66. The fourth-order valence-electron chi connectivity index (χ4n) is 1.85. The van der Waals surface area contributed by atoms with Gasteiger partial charge in [-0.2, -0.15) is 0 Å². The van der Waals surface area contributed by atoms with Crippen molar-refractivity contribution in [3.8, 4) is 23.1 Å². The standard InChI is InChI=1S/C15H18N2O3/c1-10(16)11-6-5-9-17-15(11)20-14-12(18-2)7-4-8-13(14)19-3/h4-10H,16H2,1-3H3. The zero-order valence-corrected chi connectivity index (χ0v) is 11.8. The molecule has 1 atom stereocenters. The molecular weight excluding hydrogens is 256 g/mol. The van der Waals surface area contributed by atoms with E-state index in [1.54, 1.807) is 32.5 Å². The molecule has 0 bridgehead atoms. The van der Waals surface area contributed by atoms with Gasteiger partial charge in [-0.05, 0) is 25.1 Å². The van der Waals surface area contributed by atoms with Gasteiger partial charge in [0.25, 0.3) is 0 Å². The number of methoxy groups -OCH3 is 2. The first kappa shape index (κ1) is 14.1. The molecule has 5 nitrogen and oxygen atoms in total. The van der Waals surface area contributed by atoms with Crippen LogP contribution in [-0.2, 0) is 0 Å². The smallest absolute Gasteiger partial charge is 0.224 e. The highest BCUT2D eigenvalue weighted by Crippen LogP contribution is 2.40. The molecule has 0 aliphatic carbocycles. The van der Waals surface area contributed by atoms with Gasteiger partial charge in [-0.25, -0.2) is 4.98 Å². The molecule has 2 aromatic rings. The van der Waals surface area contributed by atoms with Crippen molar-refractivity contribution in [2.75, 3.05) is 14.2 Å². The van der Waals surface area contributed by atoms with Crippen LogP contribution in [-0.4, -0.2) is 19.2 Å². The lowest BCUT2D eigenvalue weighted by atomic mass is 10.1. The molecule has 106 valence electrons. The Bertz CT molecular complexity index is 563. The van der Waals surface area contributed by atoms with Crippen molar-refractivity contribution in [3.05, 3.63) is 42.1 Å². The molecule has 0 saturated heterocycles. The number of aromatic nitrogens is 1. The summed E-state index contributed by atoms with van der Waals surface area (Å²) in [7, 11) is 3.15. The third-order valence-corrected chi connectivity index (χ3v) is 2.87. The van der Waals surface area contributed by atoms with Gasteiger partial charge in [0, 0.05) is 17.8 Å². The number of nitrogens with zero attached hydrogens (tertiary/aromatic N) is 1. The number of para-hydroxylation sites is 1. The predicted octanol–water partition coefficient (Wildman–Crippen LogP) is 2.91. The van der Waals surface area contributed by atoms with Crippen molar-refractivity contribution in [1.82, 2.24) is 4.98 Å². The number of hydrogen-bond donors (Lipinski definition) is 1. The third kappa shape index (κ3) is 2.83. The molecule has 1 unspecified atom stereocenters. The lowest BCUT2D eigenvalue weighted by molar-refractivity contribution is 0.340. The number of benzene rings is 1. The Balaban J connectivity index is 2.44. The Morgan fingerprint density at radius 1 is 1.05 bits per heavy atom. The van der Waals surface area contributed by atoms with Crippen LogP contribution in [0.25, 0.3) is 0 Å². The van der Waals surface area contributed by atoms with Gasteiger partial charge < -0.3 is 19.9 Å². The fraction of sp³-hybridized carbons (Fsp3) is 0.267. The monoisotopic (exact) mass is 274 g/mol. The molecule has 0 aliphatic heterocycles. The molecule has 2 N–H and O–H groups in total.